The lowest BCUT2D eigenvalue weighted by Crippen LogP contribution is -2.23. The van der Waals surface area contributed by atoms with E-state index in [0.29, 0.717) is 18.1 Å². The standard InChI is InChI=1S/C17H14BrN5O/c18-14-3-1-2-4-15(14)23-17-21-10-13(11-22-17)16(24)20-9-12-5-7-19-8-6-12/h1-8,10-11H,9H2,(H,20,24)(H,21,22,23). The molecule has 120 valence electrons. The van der Waals surface area contributed by atoms with Gasteiger partial charge in [-0.3, -0.25) is 9.78 Å². The van der Waals surface area contributed by atoms with Crippen LogP contribution < -0.4 is 10.6 Å². The molecule has 0 saturated carbocycles. The molecule has 2 N–H and O–H groups in total. The van der Waals surface area contributed by atoms with E-state index in [9.17, 15) is 4.79 Å². The first-order chi connectivity index (χ1) is 11.7. The number of para-hydroxylation sites is 1. The molecule has 3 rings (SSSR count). The molecule has 3 aromatic rings. The highest BCUT2D eigenvalue weighted by Gasteiger charge is 2.08. The first kappa shape index (κ1) is 16.1. The van der Waals surface area contributed by atoms with Gasteiger partial charge < -0.3 is 10.6 Å². The lowest BCUT2D eigenvalue weighted by Gasteiger charge is -2.08. The van der Waals surface area contributed by atoms with Crippen molar-refractivity contribution in [3.8, 4) is 0 Å². The summed E-state index contributed by atoms with van der Waals surface area (Å²) in [6.07, 6.45) is 6.36. The molecule has 0 aliphatic carbocycles. The molecular weight excluding hydrogens is 370 g/mol. The van der Waals surface area contributed by atoms with Crippen LogP contribution in [0.1, 0.15) is 15.9 Å². The van der Waals surface area contributed by atoms with Crippen LogP contribution in [0.4, 0.5) is 11.6 Å². The van der Waals surface area contributed by atoms with Crippen molar-refractivity contribution in [2.75, 3.05) is 5.32 Å². The van der Waals surface area contributed by atoms with E-state index in [1.807, 2.05) is 36.4 Å². The molecule has 0 bridgehead atoms. The SMILES string of the molecule is O=C(NCc1ccncc1)c1cnc(Nc2ccccc2Br)nc1. The third kappa shape index (κ3) is 4.14. The number of aromatic nitrogens is 3. The van der Waals surface area contributed by atoms with Gasteiger partial charge in [0.2, 0.25) is 5.95 Å². The Hall–Kier alpha value is -2.80. The molecule has 1 aromatic carbocycles. The molecule has 0 spiro atoms. The molecule has 0 radical (unpaired) electrons. The second-order valence-electron chi connectivity index (χ2n) is 4.94. The Morgan fingerprint density at radius 3 is 2.46 bits per heavy atom. The van der Waals surface area contributed by atoms with Crippen LogP contribution in [0.2, 0.25) is 0 Å². The van der Waals surface area contributed by atoms with Crippen molar-refractivity contribution >= 4 is 33.5 Å². The molecule has 0 fully saturated rings. The van der Waals surface area contributed by atoms with Crippen molar-refractivity contribution in [2.45, 2.75) is 6.54 Å². The predicted molar refractivity (Wildman–Crippen MR) is 94.9 cm³/mol. The smallest absolute Gasteiger partial charge is 0.254 e. The number of benzene rings is 1. The van der Waals surface area contributed by atoms with Gasteiger partial charge in [0, 0.05) is 35.8 Å². The maximum atomic E-state index is 12.1. The van der Waals surface area contributed by atoms with E-state index in [-0.39, 0.29) is 5.91 Å². The van der Waals surface area contributed by atoms with Gasteiger partial charge in [0.15, 0.2) is 0 Å². The van der Waals surface area contributed by atoms with E-state index in [0.717, 1.165) is 15.7 Å². The number of hydrogen-bond donors (Lipinski definition) is 2. The van der Waals surface area contributed by atoms with Crippen molar-refractivity contribution < 1.29 is 4.79 Å². The first-order valence-electron chi connectivity index (χ1n) is 7.23. The van der Waals surface area contributed by atoms with Crippen LogP contribution in [-0.4, -0.2) is 20.9 Å². The number of nitrogens with zero attached hydrogens (tertiary/aromatic N) is 3. The van der Waals surface area contributed by atoms with E-state index in [1.54, 1.807) is 12.4 Å². The number of anilines is 2. The molecule has 0 aliphatic rings. The summed E-state index contributed by atoms with van der Waals surface area (Å²) >= 11 is 3.45. The molecule has 1 amide bonds. The summed E-state index contributed by atoms with van der Waals surface area (Å²) in [5.74, 6) is 0.201. The summed E-state index contributed by atoms with van der Waals surface area (Å²) in [7, 11) is 0. The summed E-state index contributed by atoms with van der Waals surface area (Å²) in [6.45, 7) is 0.429. The van der Waals surface area contributed by atoms with Gasteiger partial charge in [-0.1, -0.05) is 12.1 Å². The van der Waals surface area contributed by atoms with Crippen LogP contribution in [0.15, 0.2) is 65.7 Å². The number of rotatable bonds is 5. The average Bonchev–Trinajstić information content (AvgIpc) is 2.63. The van der Waals surface area contributed by atoms with Crippen LogP contribution in [0.5, 0.6) is 0 Å². The summed E-state index contributed by atoms with van der Waals surface area (Å²) in [5.41, 5.74) is 2.24. The molecule has 0 saturated heterocycles. The Kier molecular flexibility index (Phi) is 5.12. The fourth-order valence-electron chi connectivity index (χ4n) is 1.98. The number of carbonyl (C=O) groups is 1. The van der Waals surface area contributed by atoms with Gasteiger partial charge in [0.1, 0.15) is 0 Å². The summed E-state index contributed by atoms with van der Waals surface area (Å²) < 4.78 is 0.910. The molecule has 2 heterocycles. The van der Waals surface area contributed by atoms with Gasteiger partial charge >= 0.3 is 0 Å². The van der Waals surface area contributed by atoms with Gasteiger partial charge in [0.05, 0.1) is 11.3 Å². The second kappa shape index (κ2) is 7.65. The Morgan fingerprint density at radius 2 is 1.75 bits per heavy atom. The fourth-order valence-corrected chi connectivity index (χ4v) is 2.36. The Morgan fingerprint density at radius 1 is 1.04 bits per heavy atom. The Labute approximate surface area is 147 Å². The highest BCUT2D eigenvalue weighted by molar-refractivity contribution is 9.10. The monoisotopic (exact) mass is 383 g/mol. The lowest BCUT2D eigenvalue weighted by atomic mass is 10.2. The molecule has 7 heteroatoms. The largest absolute Gasteiger partial charge is 0.348 e. The zero-order valence-electron chi connectivity index (χ0n) is 12.6. The topological polar surface area (TPSA) is 79.8 Å². The number of carbonyl (C=O) groups excluding carboxylic acids is 1. The third-order valence-electron chi connectivity index (χ3n) is 3.24. The van der Waals surface area contributed by atoms with E-state index in [4.69, 9.17) is 0 Å². The van der Waals surface area contributed by atoms with Gasteiger partial charge in [-0.05, 0) is 45.8 Å². The van der Waals surface area contributed by atoms with Crippen LogP contribution in [0.25, 0.3) is 0 Å². The first-order valence-corrected chi connectivity index (χ1v) is 8.02. The molecular formula is C17H14BrN5O. The molecule has 0 unspecified atom stereocenters. The molecule has 2 aromatic heterocycles. The zero-order chi connectivity index (χ0) is 16.8. The minimum absolute atomic E-state index is 0.223. The number of amides is 1. The molecule has 0 aliphatic heterocycles. The number of nitrogens with one attached hydrogen (secondary N) is 2. The summed E-state index contributed by atoms with van der Waals surface area (Å²) in [6, 6.07) is 11.4. The van der Waals surface area contributed by atoms with E-state index in [2.05, 4.69) is 41.5 Å². The lowest BCUT2D eigenvalue weighted by molar-refractivity contribution is 0.0950. The van der Waals surface area contributed by atoms with Gasteiger partial charge in [-0.15, -0.1) is 0 Å². The zero-order valence-corrected chi connectivity index (χ0v) is 14.2. The van der Waals surface area contributed by atoms with Gasteiger partial charge in [0.25, 0.3) is 5.91 Å². The Balaban J connectivity index is 1.61. The van der Waals surface area contributed by atoms with Crippen molar-refractivity contribution in [1.29, 1.82) is 0 Å². The highest BCUT2D eigenvalue weighted by Crippen LogP contribution is 2.23. The maximum Gasteiger partial charge on any atom is 0.254 e. The maximum absolute atomic E-state index is 12.1. The van der Waals surface area contributed by atoms with Crippen molar-refractivity contribution in [1.82, 2.24) is 20.3 Å². The van der Waals surface area contributed by atoms with E-state index >= 15 is 0 Å². The number of halogens is 1. The predicted octanol–water partition coefficient (Wildman–Crippen LogP) is 3.31. The Bertz CT molecular complexity index is 824. The van der Waals surface area contributed by atoms with Crippen molar-refractivity contribution in [3.63, 3.8) is 0 Å². The van der Waals surface area contributed by atoms with Crippen LogP contribution >= 0.6 is 15.9 Å². The highest BCUT2D eigenvalue weighted by atomic mass is 79.9. The quantitative estimate of drug-likeness (QED) is 0.706. The molecule has 6 nitrogen and oxygen atoms in total. The average molecular weight is 384 g/mol. The fraction of sp³-hybridized carbons (Fsp3) is 0.0588. The summed E-state index contributed by atoms with van der Waals surface area (Å²) in [4.78, 5) is 24.4. The molecule has 24 heavy (non-hydrogen) atoms. The van der Waals surface area contributed by atoms with Crippen LogP contribution in [0, 0.1) is 0 Å². The minimum atomic E-state index is -0.223. The van der Waals surface area contributed by atoms with E-state index in [1.165, 1.54) is 12.4 Å². The minimum Gasteiger partial charge on any atom is -0.348 e. The van der Waals surface area contributed by atoms with Gasteiger partial charge in [-0.25, -0.2) is 9.97 Å². The van der Waals surface area contributed by atoms with Crippen LogP contribution in [-0.2, 0) is 6.54 Å². The van der Waals surface area contributed by atoms with Crippen molar-refractivity contribution in [3.05, 3.63) is 76.8 Å². The normalized spacial score (nSPS) is 10.2. The van der Waals surface area contributed by atoms with Crippen LogP contribution in [0.3, 0.4) is 0 Å². The van der Waals surface area contributed by atoms with Gasteiger partial charge in [-0.2, -0.15) is 0 Å². The second-order valence-corrected chi connectivity index (χ2v) is 5.79. The number of pyridine rings is 1. The van der Waals surface area contributed by atoms with E-state index < -0.39 is 0 Å². The summed E-state index contributed by atoms with van der Waals surface area (Å²) in [5, 5.41) is 5.91. The number of hydrogen-bond acceptors (Lipinski definition) is 5. The molecule has 0 atom stereocenters. The third-order valence-corrected chi connectivity index (χ3v) is 3.93. The van der Waals surface area contributed by atoms with Crippen molar-refractivity contribution in [2.24, 2.45) is 0 Å².